The molecule has 1 heterocycles. The van der Waals surface area contributed by atoms with Crippen LogP contribution in [-0.4, -0.2) is 18.0 Å². The third-order valence-electron chi connectivity index (χ3n) is 3.09. The van der Waals surface area contributed by atoms with Crippen molar-refractivity contribution in [1.82, 2.24) is 9.55 Å². The van der Waals surface area contributed by atoms with Gasteiger partial charge in [-0.25, -0.2) is 18.5 Å². The van der Waals surface area contributed by atoms with E-state index in [9.17, 15) is 8.42 Å². The summed E-state index contributed by atoms with van der Waals surface area (Å²) >= 11 is 0. The molecule has 1 fully saturated rings. The van der Waals surface area contributed by atoms with Crippen molar-refractivity contribution in [3.8, 4) is 0 Å². The minimum absolute atomic E-state index is 0.0386. The van der Waals surface area contributed by atoms with Gasteiger partial charge in [-0.2, -0.15) is 0 Å². The van der Waals surface area contributed by atoms with E-state index in [-0.39, 0.29) is 5.03 Å². The Morgan fingerprint density at radius 3 is 2.62 bits per heavy atom. The van der Waals surface area contributed by atoms with Crippen molar-refractivity contribution < 1.29 is 8.42 Å². The highest BCUT2D eigenvalue weighted by Crippen LogP contribution is 2.25. The van der Waals surface area contributed by atoms with Crippen molar-refractivity contribution in [3.63, 3.8) is 0 Å². The van der Waals surface area contributed by atoms with E-state index >= 15 is 0 Å². The van der Waals surface area contributed by atoms with Gasteiger partial charge < -0.3 is 4.57 Å². The van der Waals surface area contributed by atoms with Gasteiger partial charge in [0.15, 0.2) is 5.03 Å². The van der Waals surface area contributed by atoms with Crippen LogP contribution in [-0.2, 0) is 16.6 Å². The van der Waals surface area contributed by atoms with Crippen LogP contribution in [0.5, 0.6) is 0 Å². The van der Waals surface area contributed by atoms with E-state index in [4.69, 9.17) is 5.14 Å². The van der Waals surface area contributed by atoms with Crippen molar-refractivity contribution in [2.45, 2.75) is 43.7 Å². The molecule has 16 heavy (non-hydrogen) atoms. The molecule has 0 spiro atoms. The van der Waals surface area contributed by atoms with Crippen LogP contribution in [0, 0.1) is 5.92 Å². The van der Waals surface area contributed by atoms with Gasteiger partial charge in [-0.3, -0.25) is 0 Å². The van der Waals surface area contributed by atoms with Gasteiger partial charge >= 0.3 is 0 Å². The molecule has 2 N–H and O–H groups in total. The quantitative estimate of drug-likeness (QED) is 0.863. The van der Waals surface area contributed by atoms with Gasteiger partial charge in [0, 0.05) is 12.7 Å². The lowest BCUT2D eigenvalue weighted by atomic mass is 9.89. The number of nitrogens with zero attached hydrogens (tertiary/aromatic N) is 2. The predicted molar refractivity (Wildman–Crippen MR) is 60.2 cm³/mol. The SMILES string of the molecule is NS(=O)(=O)c1cn(CC2CCCCC2)cn1. The Morgan fingerprint density at radius 1 is 1.38 bits per heavy atom. The second kappa shape index (κ2) is 4.55. The molecule has 0 radical (unpaired) electrons. The van der Waals surface area contributed by atoms with Crippen molar-refractivity contribution in [2.75, 3.05) is 0 Å². The number of imidazole rings is 1. The first-order chi connectivity index (χ1) is 7.55. The molecule has 0 aliphatic heterocycles. The Hall–Kier alpha value is -0.880. The second-order valence-corrected chi connectivity index (χ2v) is 5.97. The smallest absolute Gasteiger partial charge is 0.257 e. The minimum atomic E-state index is -3.65. The van der Waals surface area contributed by atoms with Crippen LogP contribution in [0.2, 0.25) is 0 Å². The number of primary sulfonamides is 1. The fourth-order valence-electron chi connectivity index (χ4n) is 2.25. The lowest BCUT2D eigenvalue weighted by molar-refractivity contribution is 0.319. The monoisotopic (exact) mass is 243 g/mol. The van der Waals surface area contributed by atoms with E-state index in [0.29, 0.717) is 5.92 Å². The predicted octanol–water partition coefficient (Wildman–Crippen LogP) is 1.11. The Kier molecular flexibility index (Phi) is 3.30. The molecule has 2 rings (SSSR count). The van der Waals surface area contributed by atoms with Crippen molar-refractivity contribution in [1.29, 1.82) is 0 Å². The van der Waals surface area contributed by atoms with Gasteiger partial charge in [-0.05, 0) is 18.8 Å². The Morgan fingerprint density at radius 2 is 2.06 bits per heavy atom. The first kappa shape index (κ1) is 11.6. The zero-order valence-electron chi connectivity index (χ0n) is 9.17. The van der Waals surface area contributed by atoms with Gasteiger partial charge in [0.05, 0.1) is 6.33 Å². The third-order valence-corrected chi connectivity index (χ3v) is 3.89. The van der Waals surface area contributed by atoms with Crippen LogP contribution in [0.3, 0.4) is 0 Å². The molecule has 6 heteroatoms. The van der Waals surface area contributed by atoms with E-state index in [1.807, 2.05) is 4.57 Å². The number of nitrogens with two attached hydrogens (primary N) is 1. The summed E-state index contributed by atoms with van der Waals surface area (Å²) in [5, 5.41) is 4.96. The van der Waals surface area contributed by atoms with E-state index < -0.39 is 10.0 Å². The molecule has 5 nitrogen and oxygen atoms in total. The maximum Gasteiger partial charge on any atom is 0.257 e. The largest absolute Gasteiger partial charge is 0.336 e. The number of rotatable bonds is 3. The summed E-state index contributed by atoms with van der Waals surface area (Å²) in [5.74, 6) is 0.649. The highest BCUT2D eigenvalue weighted by atomic mass is 32.2. The van der Waals surface area contributed by atoms with Gasteiger partial charge in [0.2, 0.25) is 0 Å². The van der Waals surface area contributed by atoms with Crippen molar-refractivity contribution >= 4 is 10.0 Å². The van der Waals surface area contributed by atoms with Gasteiger partial charge in [-0.15, -0.1) is 0 Å². The summed E-state index contributed by atoms with van der Waals surface area (Å²) in [6.07, 6.45) is 9.40. The first-order valence-electron chi connectivity index (χ1n) is 5.60. The molecule has 0 bridgehead atoms. The molecule has 1 aromatic rings. The molecule has 0 amide bonds. The van der Waals surface area contributed by atoms with Crippen LogP contribution in [0.1, 0.15) is 32.1 Å². The lowest BCUT2D eigenvalue weighted by Gasteiger charge is -2.21. The Labute approximate surface area is 95.7 Å². The zero-order valence-corrected chi connectivity index (χ0v) is 9.99. The Balaban J connectivity index is 2.02. The van der Waals surface area contributed by atoms with E-state index in [2.05, 4.69) is 4.98 Å². The second-order valence-electron chi connectivity index (χ2n) is 4.46. The van der Waals surface area contributed by atoms with E-state index in [1.165, 1.54) is 38.3 Å². The average Bonchev–Trinajstić information content (AvgIpc) is 2.67. The molecule has 1 aliphatic rings. The van der Waals surface area contributed by atoms with Crippen LogP contribution < -0.4 is 5.14 Å². The number of hydrogen-bond donors (Lipinski definition) is 1. The molecule has 0 atom stereocenters. The topological polar surface area (TPSA) is 78.0 Å². The molecule has 90 valence electrons. The summed E-state index contributed by atoms with van der Waals surface area (Å²) in [4.78, 5) is 3.80. The molecular weight excluding hydrogens is 226 g/mol. The average molecular weight is 243 g/mol. The van der Waals surface area contributed by atoms with Crippen LogP contribution in [0.4, 0.5) is 0 Å². The lowest BCUT2D eigenvalue weighted by Crippen LogP contribution is -2.14. The standard InChI is InChI=1S/C10H17N3O2S/c11-16(14,15)10-7-13(8-12-10)6-9-4-2-1-3-5-9/h7-9H,1-6H2,(H2,11,14,15). The third kappa shape index (κ3) is 2.82. The maximum absolute atomic E-state index is 11.0. The van der Waals surface area contributed by atoms with Crippen molar-refractivity contribution in [2.24, 2.45) is 11.1 Å². The van der Waals surface area contributed by atoms with E-state index in [1.54, 1.807) is 6.33 Å². The summed E-state index contributed by atoms with van der Waals surface area (Å²) in [6, 6.07) is 0. The molecule has 1 saturated carbocycles. The minimum Gasteiger partial charge on any atom is -0.336 e. The van der Waals surface area contributed by atoms with Crippen LogP contribution in [0.15, 0.2) is 17.6 Å². The van der Waals surface area contributed by atoms with Gasteiger partial charge in [0.25, 0.3) is 10.0 Å². The molecular formula is C10H17N3O2S. The Bertz CT molecular complexity index is 446. The summed E-state index contributed by atoms with van der Waals surface area (Å²) in [5.41, 5.74) is 0. The maximum atomic E-state index is 11.0. The zero-order chi connectivity index (χ0) is 11.6. The fraction of sp³-hybridized carbons (Fsp3) is 0.700. The highest BCUT2D eigenvalue weighted by Gasteiger charge is 2.16. The summed E-state index contributed by atoms with van der Waals surface area (Å²) in [7, 11) is -3.65. The van der Waals surface area contributed by atoms with Crippen LogP contribution >= 0.6 is 0 Å². The molecule has 0 aromatic carbocycles. The highest BCUT2D eigenvalue weighted by molar-refractivity contribution is 7.89. The van der Waals surface area contributed by atoms with Crippen LogP contribution in [0.25, 0.3) is 0 Å². The molecule has 0 unspecified atom stereocenters. The van der Waals surface area contributed by atoms with Crippen molar-refractivity contribution in [3.05, 3.63) is 12.5 Å². The van der Waals surface area contributed by atoms with Gasteiger partial charge in [-0.1, -0.05) is 19.3 Å². The van der Waals surface area contributed by atoms with E-state index in [0.717, 1.165) is 6.54 Å². The normalized spacial score (nSPS) is 18.8. The fourth-order valence-corrected chi connectivity index (χ4v) is 2.73. The molecule has 0 saturated heterocycles. The number of sulfonamides is 1. The number of hydrogen-bond acceptors (Lipinski definition) is 3. The molecule has 1 aliphatic carbocycles. The summed E-state index contributed by atoms with van der Waals surface area (Å²) in [6.45, 7) is 0.850. The summed E-state index contributed by atoms with van der Waals surface area (Å²) < 4.78 is 23.9. The number of aromatic nitrogens is 2. The first-order valence-corrected chi connectivity index (χ1v) is 7.15. The molecule has 1 aromatic heterocycles. The van der Waals surface area contributed by atoms with Gasteiger partial charge in [0.1, 0.15) is 0 Å².